The fraction of sp³-hybridized carbons (Fsp3) is 0.348. The van der Waals surface area contributed by atoms with Crippen molar-refractivity contribution in [1.82, 2.24) is 19.5 Å². The summed E-state index contributed by atoms with van der Waals surface area (Å²) >= 11 is 5.13. The number of nitrogens with two attached hydrogens (primary N) is 1. The van der Waals surface area contributed by atoms with Gasteiger partial charge in [-0.25, -0.2) is 21.5 Å². The number of thiocarbonyl (C=S) groups is 1. The maximum absolute atomic E-state index is 9.60. The van der Waals surface area contributed by atoms with Gasteiger partial charge in [0.25, 0.3) is 0 Å². The van der Waals surface area contributed by atoms with Crippen molar-refractivity contribution in [2.24, 2.45) is 17.9 Å². The molecule has 166 valence electrons. The number of hydrogen-bond donors (Lipinski definition) is 2. The molecule has 3 rings (SSSR count). The summed E-state index contributed by atoms with van der Waals surface area (Å²) in [7, 11) is 1.92. The highest BCUT2D eigenvalue weighted by Gasteiger charge is 2.13. The fourth-order valence-corrected chi connectivity index (χ4v) is 3.54. The van der Waals surface area contributed by atoms with Gasteiger partial charge in [0, 0.05) is 31.0 Å². The molecule has 0 aliphatic heterocycles. The van der Waals surface area contributed by atoms with Crippen LogP contribution in [0.1, 0.15) is 30.0 Å². The zero-order chi connectivity index (χ0) is 23.3. The fourth-order valence-electron chi connectivity index (χ4n) is 3.40. The monoisotopic (exact) mass is 449 g/mol. The van der Waals surface area contributed by atoms with Crippen LogP contribution < -0.4 is 5.73 Å². The molecule has 3 N–H and O–H groups in total. The lowest BCUT2D eigenvalue weighted by Crippen LogP contribution is -2.33. The number of aryl methyl sites for hydroxylation is 2. The van der Waals surface area contributed by atoms with E-state index < -0.39 is 6.10 Å². The number of nitrogens with zero attached hydrogens (tertiary/aromatic N) is 6. The highest BCUT2D eigenvalue weighted by atomic mass is 32.1. The second-order valence-corrected chi connectivity index (χ2v) is 8.18. The van der Waals surface area contributed by atoms with Gasteiger partial charge in [-0.2, -0.15) is 5.10 Å². The third-order valence-corrected chi connectivity index (χ3v) is 5.43. The number of rotatable bonds is 8. The van der Waals surface area contributed by atoms with Gasteiger partial charge < -0.3 is 20.3 Å². The second kappa shape index (κ2) is 10.3. The first-order chi connectivity index (χ1) is 15.3. The van der Waals surface area contributed by atoms with Crippen molar-refractivity contribution in [2.45, 2.75) is 32.8 Å². The van der Waals surface area contributed by atoms with Gasteiger partial charge in [0.15, 0.2) is 5.11 Å². The Morgan fingerprint density at radius 2 is 2.22 bits per heavy atom. The molecule has 32 heavy (non-hydrogen) atoms. The van der Waals surface area contributed by atoms with Gasteiger partial charge in [0.05, 0.1) is 41.7 Å². The van der Waals surface area contributed by atoms with Crippen molar-refractivity contribution < 1.29 is 5.11 Å². The van der Waals surface area contributed by atoms with Crippen LogP contribution in [-0.4, -0.2) is 55.2 Å². The summed E-state index contributed by atoms with van der Waals surface area (Å²) in [5.41, 5.74) is 11.4. The Labute approximate surface area is 193 Å². The smallest absolute Gasteiger partial charge is 0.218 e. The van der Waals surface area contributed by atoms with Crippen molar-refractivity contribution in [3.8, 4) is 11.4 Å². The molecule has 0 spiro atoms. The third-order valence-electron chi connectivity index (χ3n) is 5.22. The largest absolute Gasteiger partial charge is 0.393 e. The number of hydrogen-bond acceptors (Lipinski definition) is 5. The normalized spacial score (nSPS) is 12.2. The van der Waals surface area contributed by atoms with Crippen molar-refractivity contribution in [2.75, 3.05) is 13.1 Å². The van der Waals surface area contributed by atoms with E-state index in [2.05, 4.69) is 21.0 Å². The second-order valence-electron chi connectivity index (χ2n) is 7.76. The minimum atomic E-state index is -0.478. The number of aliphatic hydroxyl groups excluding tert-OH is 1. The lowest BCUT2D eigenvalue weighted by atomic mass is 9.99. The van der Waals surface area contributed by atoms with Gasteiger partial charge >= 0.3 is 0 Å². The van der Waals surface area contributed by atoms with Crippen LogP contribution in [0.5, 0.6) is 0 Å². The highest BCUT2D eigenvalue weighted by Crippen LogP contribution is 2.26. The molecule has 0 amide bonds. The standard InChI is InChI=1S/C23H27N7OS/c1-15-9-20-19(10-17(15)5-7-25-3)18(11-21(28-20)22-13-26-14-29(22)4)12-27-30(23(24)32)8-6-16(2)31/h9-14,16,31H,5-8H2,1-2,4H3,(H2,24,32)/b27-12+/t16-/m1/s1. The highest BCUT2D eigenvalue weighted by molar-refractivity contribution is 7.80. The number of aromatic nitrogens is 3. The Kier molecular flexibility index (Phi) is 7.51. The first kappa shape index (κ1) is 23.3. The maximum Gasteiger partial charge on any atom is 0.218 e. The molecule has 0 radical (unpaired) electrons. The molecule has 0 saturated carbocycles. The molecule has 2 aromatic heterocycles. The van der Waals surface area contributed by atoms with Crippen molar-refractivity contribution in [3.05, 3.63) is 58.8 Å². The van der Waals surface area contributed by atoms with Crippen LogP contribution in [0.2, 0.25) is 0 Å². The van der Waals surface area contributed by atoms with Gasteiger partial charge in [-0.1, -0.05) is 0 Å². The Morgan fingerprint density at radius 1 is 1.44 bits per heavy atom. The predicted octanol–water partition coefficient (Wildman–Crippen LogP) is 3.06. The molecule has 1 aromatic carbocycles. The topological polar surface area (TPSA) is 96.9 Å². The molecule has 3 aromatic rings. The average molecular weight is 450 g/mol. The first-order valence-electron chi connectivity index (χ1n) is 10.3. The summed E-state index contributed by atoms with van der Waals surface area (Å²) in [6, 6.07) is 6.09. The first-order valence-corrected chi connectivity index (χ1v) is 10.7. The molecule has 0 fully saturated rings. The summed E-state index contributed by atoms with van der Waals surface area (Å²) in [6.07, 6.45) is 5.92. The van der Waals surface area contributed by atoms with Crippen LogP contribution >= 0.6 is 12.2 Å². The average Bonchev–Trinajstić information content (AvgIpc) is 3.17. The molecule has 0 saturated heterocycles. The Bertz CT molecular complexity index is 1190. The van der Waals surface area contributed by atoms with Crippen molar-refractivity contribution in [3.63, 3.8) is 0 Å². The molecule has 0 unspecified atom stereocenters. The Balaban J connectivity index is 2.12. The van der Waals surface area contributed by atoms with Gasteiger partial charge in [-0.05, 0) is 61.8 Å². The summed E-state index contributed by atoms with van der Waals surface area (Å²) < 4.78 is 1.91. The lowest BCUT2D eigenvalue weighted by Gasteiger charge is -2.18. The molecule has 0 aliphatic rings. The number of hydrazone groups is 1. The molecular weight excluding hydrogens is 422 g/mol. The Hall–Kier alpha value is -3.35. The summed E-state index contributed by atoms with van der Waals surface area (Å²) in [6.45, 7) is 11.7. The van der Waals surface area contributed by atoms with E-state index in [9.17, 15) is 5.11 Å². The van der Waals surface area contributed by atoms with E-state index >= 15 is 0 Å². The van der Waals surface area contributed by atoms with Crippen LogP contribution in [0.4, 0.5) is 0 Å². The Morgan fingerprint density at radius 3 is 2.84 bits per heavy atom. The summed E-state index contributed by atoms with van der Waals surface area (Å²) in [5, 5.41) is 16.7. The number of benzene rings is 1. The van der Waals surface area contributed by atoms with E-state index in [0.29, 0.717) is 25.9 Å². The minimum absolute atomic E-state index is 0.140. The molecule has 0 bridgehead atoms. The predicted molar refractivity (Wildman–Crippen MR) is 131 cm³/mol. The van der Waals surface area contributed by atoms with Crippen LogP contribution in [0.15, 0.2) is 35.8 Å². The van der Waals surface area contributed by atoms with E-state index in [0.717, 1.165) is 39.0 Å². The van der Waals surface area contributed by atoms with E-state index in [4.69, 9.17) is 29.5 Å². The quantitative estimate of drug-likeness (QED) is 0.237. The number of imidazole rings is 1. The number of aliphatic hydroxyl groups is 1. The van der Waals surface area contributed by atoms with Crippen molar-refractivity contribution >= 4 is 34.4 Å². The van der Waals surface area contributed by atoms with Gasteiger partial charge in [0.1, 0.15) is 0 Å². The molecule has 9 heteroatoms. The number of fused-ring (bicyclic) bond motifs is 1. The van der Waals surface area contributed by atoms with E-state index in [1.807, 2.05) is 30.7 Å². The number of pyridine rings is 1. The van der Waals surface area contributed by atoms with Gasteiger partial charge in [0.2, 0.25) is 6.54 Å². The zero-order valence-corrected chi connectivity index (χ0v) is 19.3. The van der Waals surface area contributed by atoms with Gasteiger partial charge in [-0.3, -0.25) is 0 Å². The van der Waals surface area contributed by atoms with E-state index in [1.54, 1.807) is 25.7 Å². The molecule has 8 nitrogen and oxygen atoms in total. The van der Waals surface area contributed by atoms with Crippen LogP contribution in [0, 0.1) is 13.5 Å². The molecule has 2 heterocycles. The lowest BCUT2D eigenvalue weighted by molar-refractivity contribution is 0.173. The van der Waals surface area contributed by atoms with E-state index in [-0.39, 0.29) is 5.11 Å². The summed E-state index contributed by atoms with van der Waals surface area (Å²) in [4.78, 5) is 12.6. The summed E-state index contributed by atoms with van der Waals surface area (Å²) in [5.74, 6) is 0. The molecular formula is C23H27N7OS. The zero-order valence-electron chi connectivity index (χ0n) is 18.5. The van der Waals surface area contributed by atoms with E-state index in [1.165, 1.54) is 5.01 Å². The van der Waals surface area contributed by atoms with Gasteiger partial charge in [-0.15, -0.1) is 0 Å². The molecule has 0 aliphatic carbocycles. The maximum atomic E-state index is 9.60. The van der Waals surface area contributed by atoms with Crippen molar-refractivity contribution in [1.29, 1.82) is 0 Å². The minimum Gasteiger partial charge on any atom is -0.393 e. The molecule has 1 atom stereocenters. The van der Waals surface area contributed by atoms with Crippen LogP contribution in [0.3, 0.4) is 0 Å². The van der Waals surface area contributed by atoms with Crippen LogP contribution in [-0.2, 0) is 13.5 Å². The SMILES string of the molecule is [C-]#[N+]CCc1cc2c(/C=N/N(CC[C@@H](C)O)C(N)=S)cc(-c3cncn3C)nc2cc1C. The third kappa shape index (κ3) is 5.46. The van der Waals surface area contributed by atoms with Crippen LogP contribution in [0.25, 0.3) is 27.1 Å².